The van der Waals surface area contributed by atoms with Crippen molar-refractivity contribution in [1.29, 1.82) is 0 Å². The van der Waals surface area contributed by atoms with Crippen molar-refractivity contribution in [2.24, 2.45) is 11.8 Å². The molecule has 1 aromatic carbocycles. The molecule has 1 saturated heterocycles. The molecule has 0 radical (unpaired) electrons. The van der Waals surface area contributed by atoms with Crippen LogP contribution in [0.3, 0.4) is 0 Å². The highest BCUT2D eigenvalue weighted by Gasteiger charge is 2.35. The van der Waals surface area contributed by atoms with Crippen molar-refractivity contribution >= 4 is 11.8 Å². The largest absolute Gasteiger partial charge is 0.338 e. The van der Waals surface area contributed by atoms with Crippen LogP contribution in [0.5, 0.6) is 0 Å². The highest BCUT2D eigenvalue weighted by molar-refractivity contribution is 5.94. The summed E-state index contributed by atoms with van der Waals surface area (Å²) in [5, 5.41) is 0. The molecular weight excluding hydrogens is 417 g/mol. The number of hydrogen-bond acceptors (Lipinski definition) is 3. The van der Waals surface area contributed by atoms with Crippen LogP contribution < -0.4 is 0 Å². The van der Waals surface area contributed by atoms with Gasteiger partial charge in [0.1, 0.15) is 6.17 Å². The van der Waals surface area contributed by atoms with Gasteiger partial charge < -0.3 is 9.80 Å². The fraction of sp³-hybridized carbons (Fsp3) is 0.704. The van der Waals surface area contributed by atoms with Crippen LogP contribution in [0.1, 0.15) is 73.4 Å². The topological polar surface area (TPSA) is 43.9 Å². The Balaban J connectivity index is 1.20. The minimum Gasteiger partial charge on any atom is -0.338 e. The molecular formula is C27H38FN3O2. The number of rotatable bonds is 3. The van der Waals surface area contributed by atoms with Gasteiger partial charge in [0, 0.05) is 56.8 Å². The third-order valence-electron chi connectivity index (χ3n) is 8.63. The molecule has 2 aliphatic carbocycles. The Hall–Kier alpha value is -1.95. The first-order chi connectivity index (χ1) is 16.0. The molecule has 180 valence electrons. The summed E-state index contributed by atoms with van der Waals surface area (Å²) in [4.78, 5) is 32.8. The number of alkyl halides is 1. The lowest BCUT2D eigenvalue weighted by atomic mass is 9.80. The standard InChI is InChI=1S/C27H38FN3O2/c1-19-6-7-22(17-25(19)28)27(33)31-13-10-20-16-21(8-9-23(20)18-31)26(32)30-12-3-11-29(14-15-30)24-4-2-5-24/h8-9,16,19,22,24-25H,2-7,10-15,17-18H2,1H3. The molecule has 5 nitrogen and oxygen atoms in total. The van der Waals surface area contributed by atoms with Crippen LogP contribution in [0.2, 0.25) is 0 Å². The second-order valence-corrected chi connectivity index (χ2v) is 10.8. The lowest BCUT2D eigenvalue weighted by molar-refractivity contribution is -0.138. The molecule has 1 aromatic rings. The first-order valence-corrected chi connectivity index (χ1v) is 13.1. The van der Waals surface area contributed by atoms with E-state index in [9.17, 15) is 14.0 Å². The molecule has 2 heterocycles. The second kappa shape index (κ2) is 9.73. The third-order valence-corrected chi connectivity index (χ3v) is 8.63. The van der Waals surface area contributed by atoms with E-state index in [1.807, 2.05) is 34.9 Å². The monoisotopic (exact) mass is 455 g/mol. The van der Waals surface area contributed by atoms with E-state index >= 15 is 0 Å². The molecule has 0 N–H and O–H groups in total. The molecule has 2 amide bonds. The Morgan fingerprint density at radius 3 is 2.52 bits per heavy atom. The van der Waals surface area contributed by atoms with Crippen LogP contribution in [0.15, 0.2) is 18.2 Å². The fourth-order valence-electron chi connectivity index (χ4n) is 6.06. The predicted octanol–water partition coefficient (Wildman–Crippen LogP) is 4.05. The number of nitrogens with zero attached hydrogens (tertiary/aromatic N) is 3. The van der Waals surface area contributed by atoms with E-state index < -0.39 is 6.17 Å². The summed E-state index contributed by atoms with van der Waals surface area (Å²) < 4.78 is 14.2. The molecule has 3 unspecified atom stereocenters. The van der Waals surface area contributed by atoms with Gasteiger partial charge in [0.2, 0.25) is 5.91 Å². The predicted molar refractivity (Wildman–Crippen MR) is 127 cm³/mol. The van der Waals surface area contributed by atoms with Crippen molar-refractivity contribution in [3.05, 3.63) is 34.9 Å². The van der Waals surface area contributed by atoms with Crippen molar-refractivity contribution in [3.8, 4) is 0 Å². The average molecular weight is 456 g/mol. The van der Waals surface area contributed by atoms with Gasteiger partial charge in [0.25, 0.3) is 5.91 Å². The van der Waals surface area contributed by atoms with Gasteiger partial charge in [0.05, 0.1) is 0 Å². The van der Waals surface area contributed by atoms with Crippen LogP contribution >= 0.6 is 0 Å². The number of halogens is 1. The molecule has 3 fully saturated rings. The van der Waals surface area contributed by atoms with Gasteiger partial charge in [-0.05, 0) is 74.1 Å². The Morgan fingerprint density at radius 2 is 1.76 bits per heavy atom. The number of carbonyl (C=O) groups is 2. The minimum absolute atomic E-state index is 0.0672. The number of benzene rings is 1. The fourth-order valence-corrected chi connectivity index (χ4v) is 6.06. The second-order valence-electron chi connectivity index (χ2n) is 10.8. The zero-order chi connectivity index (χ0) is 22.9. The van der Waals surface area contributed by atoms with E-state index in [4.69, 9.17) is 0 Å². The maximum absolute atomic E-state index is 14.2. The summed E-state index contributed by atoms with van der Waals surface area (Å²) in [7, 11) is 0. The zero-order valence-electron chi connectivity index (χ0n) is 20.0. The number of hydrogen-bond donors (Lipinski definition) is 0. The van der Waals surface area contributed by atoms with Crippen LogP contribution in [0.4, 0.5) is 4.39 Å². The van der Waals surface area contributed by atoms with E-state index in [-0.39, 0.29) is 23.7 Å². The average Bonchev–Trinajstić information content (AvgIpc) is 3.04. The molecule has 0 aromatic heterocycles. The third kappa shape index (κ3) is 4.82. The number of fused-ring (bicyclic) bond motifs is 1. The van der Waals surface area contributed by atoms with Crippen molar-refractivity contribution < 1.29 is 14.0 Å². The van der Waals surface area contributed by atoms with E-state index in [1.54, 1.807) is 0 Å². The Labute approximate surface area is 197 Å². The molecule has 2 saturated carbocycles. The maximum Gasteiger partial charge on any atom is 0.253 e. The number of amides is 2. The number of carbonyl (C=O) groups excluding carboxylic acids is 2. The summed E-state index contributed by atoms with van der Waals surface area (Å²) in [5.41, 5.74) is 3.07. The highest BCUT2D eigenvalue weighted by Crippen LogP contribution is 2.33. The molecule has 33 heavy (non-hydrogen) atoms. The Morgan fingerprint density at radius 1 is 0.909 bits per heavy atom. The lowest BCUT2D eigenvalue weighted by Crippen LogP contribution is -2.43. The van der Waals surface area contributed by atoms with Gasteiger partial charge >= 0.3 is 0 Å². The Bertz CT molecular complexity index is 886. The lowest BCUT2D eigenvalue weighted by Gasteiger charge is -2.36. The molecule has 3 atom stereocenters. The van der Waals surface area contributed by atoms with Gasteiger partial charge in [0.15, 0.2) is 0 Å². The van der Waals surface area contributed by atoms with Gasteiger partial charge in [-0.2, -0.15) is 0 Å². The molecule has 4 aliphatic rings. The van der Waals surface area contributed by atoms with Gasteiger partial charge in [-0.25, -0.2) is 4.39 Å². The van der Waals surface area contributed by atoms with E-state index in [1.165, 1.54) is 24.8 Å². The zero-order valence-corrected chi connectivity index (χ0v) is 20.0. The summed E-state index contributed by atoms with van der Waals surface area (Å²) >= 11 is 0. The Kier molecular flexibility index (Phi) is 6.73. The van der Waals surface area contributed by atoms with E-state index in [0.29, 0.717) is 19.5 Å². The van der Waals surface area contributed by atoms with Crippen molar-refractivity contribution in [2.75, 3.05) is 32.7 Å². The maximum atomic E-state index is 14.2. The van der Waals surface area contributed by atoms with Crippen LogP contribution in [-0.2, 0) is 17.8 Å². The summed E-state index contributed by atoms with van der Waals surface area (Å²) in [5.74, 6) is 0.131. The first-order valence-electron chi connectivity index (χ1n) is 13.1. The molecule has 6 heteroatoms. The van der Waals surface area contributed by atoms with Crippen LogP contribution in [0, 0.1) is 11.8 Å². The SMILES string of the molecule is CC1CCC(C(=O)N2CCc3cc(C(=O)N4CCCN(C5CCC5)CC4)ccc3C2)CC1F. The first kappa shape index (κ1) is 22.8. The molecule has 2 aliphatic heterocycles. The van der Waals surface area contributed by atoms with Crippen molar-refractivity contribution in [3.63, 3.8) is 0 Å². The highest BCUT2D eigenvalue weighted by atomic mass is 19.1. The smallest absolute Gasteiger partial charge is 0.253 e. The summed E-state index contributed by atoms with van der Waals surface area (Å²) in [6, 6.07) is 6.75. The minimum atomic E-state index is -0.863. The van der Waals surface area contributed by atoms with Crippen LogP contribution in [-0.4, -0.2) is 71.5 Å². The van der Waals surface area contributed by atoms with E-state index in [2.05, 4.69) is 4.90 Å². The van der Waals surface area contributed by atoms with Crippen LogP contribution in [0.25, 0.3) is 0 Å². The summed E-state index contributed by atoms with van der Waals surface area (Å²) in [6.45, 7) is 6.90. The van der Waals surface area contributed by atoms with Crippen molar-refractivity contribution in [2.45, 2.75) is 77.0 Å². The molecule has 0 bridgehead atoms. The normalized spacial score (nSPS) is 29.2. The van der Waals surface area contributed by atoms with Gasteiger partial charge in [-0.15, -0.1) is 0 Å². The van der Waals surface area contributed by atoms with Gasteiger partial charge in [-0.1, -0.05) is 19.4 Å². The molecule has 5 rings (SSSR count). The van der Waals surface area contributed by atoms with Gasteiger partial charge in [-0.3, -0.25) is 14.5 Å². The molecule has 0 spiro atoms. The van der Waals surface area contributed by atoms with E-state index in [0.717, 1.165) is 69.0 Å². The quantitative estimate of drug-likeness (QED) is 0.691. The summed E-state index contributed by atoms with van der Waals surface area (Å²) in [6.07, 6.45) is 6.87. The van der Waals surface area contributed by atoms with Crippen molar-refractivity contribution in [1.82, 2.24) is 14.7 Å².